The SMILES string of the molecule is CC(=O)N1C=Cc2ccccc2[C@@H]1CC(=O)Nc1ccc2c(c1)OC(F)(F)O2. The third-order valence-corrected chi connectivity index (χ3v) is 4.53. The van der Waals surface area contributed by atoms with E-state index in [-0.39, 0.29) is 29.7 Å². The van der Waals surface area contributed by atoms with E-state index in [0.29, 0.717) is 5.69 Å². The van der Waals surface area contributed by atoms with Crippen LogP contribution in [0, 0.1) is 0 Å². The van der Waals surface area contributed by atoms with Crippen LogP contribution in [0.25, 0.3) is 6.08 Å². The molecule has 0 aromatic heterocycles. The number of alkyl halides is 2. The molecule has 1 N–H and O–H groups in total. The van der Waals surface area contributed by atoms with Crippen molar-refractivity contribution in [2.45, 2.75) is 25.7 Å². The molecular weight excluding hydrogens is 370 g/mol. The second-order valence-electron chi connectivity index (χ2n) is 6.47. The molecule has 144 valence electrons. The van der Waals surface area contributed by atoms with Crippen molar-refractivity contribution in [1.29, 1.82) is 0 Å². The van der Waals surface area contributed by atoms with Gasteiger partial charge in [0.2, 0.25) is 11.8 Å². The third kappa shape index (κ3) is 3.40. The second kappa shape index (κ2) is 6.63. The van der Waals surface area contributed by atoms with Crippen LogP contribution in [0.3, 0.4) is 0 Å². The minimum absolute atomic E-state index is 0.00549. The number of rotatable bonds is 3. The number of anilines is 1. The molecule has 2 aliphatic rings. The maximum absolute atomic E-state index is 13.1. The van der Waals surface area contributed by atoms with E-state index in [1.807, 2.05) is 30.3 Å². The molecule has 0 aliphatic carbocycles. The van der Waals surface area contributed by atoms with E-state index in [0.717, 1.165) is 11.1 Å². The van der Waals surface area contributed by atoms with Gasteiger partial charge in [0.25, 0.3) is 0 Å². The van der Waals surface area contributed by atoms with Crippen LogP contribution in [0.5, 0.6) is 11.5 Å². The van der Waals surface area contributed by atoms with E-state index in [1.165, 1.54) is 30.0 Å². The van der Waals surface area contributed by atoms with Gasteiger partial charge in [-0.05, 0) is 29.3 Å². The van der Waals surface area contributed by atoms with Gasteiger partial charge in [0.1, 0.15) is 0 Å². The molecule has 0 saturated heterocycles. The molecule has 0 unspecified atom stereocenters. The highest BCUT2D eigenvalue weighted by Crippen LogP contribution is 2.42. The second-order valence-corrected chi connectivity index (χ2v) is 6.47. The van der Waals surface area contributed by atoms with Crippen molar-refractivity contribution in [3.8, 4) is 11.5 Å². The number of halogens is 2. The summed E-state index contributed by atoms with van der Waals surface area (Å²) in [7, 11) is 0. The Morgan fingerprint density at radius 3 is 2.68 bits per heavy atom. The fourth-order valence-electron chi connectivity index (χ4n) is 3.33. The number of benzene rings is 2. The molecule has 2 amide bonds. The quantitative estimate of drug-likeness (QED) is 0.869. The molecule has 4 rings (SSSR count). The lowest BCUT2D eigenvalue weighted by Gasteiger charge is -2.32. The summed E-state index contributed by atoms with van der Waals surface area (Å²) in [6, 6.07) is 11.1. The van der Waals surface area contributed by atoms with Crippen LogP contribution in [-0.4, -0.2) is 23.0 Å². The van der Waals surface area contributed by atoms with Crippen molar-refractivity contribution < 1.29 is 27.8 Å². The molecule has 0 bridgehead atoms. The summed E-state index contributed by atoms with van der Waals surface area (Å²) in [5.74, 6) is -0.808. The highest BCUT2D eigenvalue weighted by Gasteiger charge is 2.43. The number of fused-ring (bicyclic) bond motifs is 2. The highest BCUT2D eigenvalue weighted by atomic mass is 19.3. The van der Waals surface area contributed by atoms with Crippen LogP contribution in [0.15, 0.2) is 48.7 Å². The van der Waals surface area contributed by atoms with Crippen molar-refractivity contribution in [3.63, 3.8) is 0 Å². The summed E-state index contributed by atoms with van der Waals surface area (Å²) in [4.78, 5) is 26.1. The summed E-state index contributed by atoms with van der Waals surface area (Å²) < 4.78 is 35.0. The number of hydrogen-bond donors (Lipinski definition) is 1. The Bertz CT molecular complexity index is 990. The predicted octanol–water partition coefficient (Wildman–Crippen LogP) is 3.91. The average Bonchev–Trinajstić information content (AvgIpc) is 2.94. The highest BCUT2D eigenvalue weighted by molar-refractivity contribution is 5.92. The molecule has 0 fully saturated rings. The van der Waals surface area contributed by atoms with Crippen molar-refractivity contribution in [2.75, 3.05) is 5.32 Å². The molecule has 8 heteroatoms. The van der Waals surface area contributed by atoms with Crippen molar-refractivity contribution in [3.05, 3.63) is 59.8 Å². The minimum Gasteiger partial charge on any atom is -0.395 e. The Kier molecular flexibility index (Phi) is 4.26. The third-order valence-electron chi connectivity index (χ3n) is 4.53. The van der Waals surface area contributed by atoms with Gasteiger partial charge in [-0.1, -0.05) is 24.3 Å². The summed E-state index contributed by atoms with van der Waals surface area (Å²) in [5, 5.41) is 2.66. The summed E-state index contributed by atoms with van der Waals surface area (Å²) in [6.45, 7) is 1.43. The fourth-order valence-corrected chi connectivity index (χ4v) is 3.33. The van der Waals surface area contributed by atoms with Crippen LogP contribution in [0.2, 0.25) is 0 Å². The summed E-state index contributed by atoms with van der Waals surface area (Å²) in [5.41, 5.74) is 2.09. The van der Waals surface area contributed by atoms with Gasteiger partial charge in [-0.2, -0.15) is 0 Å². The van der Waals surface area contributed by atoms with E-state index in [2.05, 4.69) is 14.8 Å². The monoisotopic (exact) mass is 386 g/mol. The molecule has 2 heterocycles. The van der Waals surface area contributed by atoms with Gasteiger partial charge in [-0.15, -0.1) is 8.78 Å². The number of nitrogens with zero attached hydrogens (tertiary/aromatic N) is 1. The molecule has 28 heavy (non-hydrogen) atoms. The topological polar surface area (TPSA) is 67.9 Å². The van der Waals surface area contributed by atoms with Gasteiger partial charge in [-0.3, -0.25) is 9.59 Å². The smallest absolute Gasteiger partial charge is 0.395 e. The molecule has 2 aromatic carbocycles. The zero-order valence-corrected chi connectivity index (χ0v) is 14.8. The van der Waals surface area contributed by atoms with Gasteiger partial charge < -0.3 is 19.7 Å². The molecule has 2 aromatic rings. The van der Waals surface area contributed by atoms with Gasteiger partial charge in [0.15, 0.2) is 11.5 Å². The van der Waals surface area contributed by atoms with Crippen LogP contribution in [0.1, 0.15) is 30.5 Å². The zero-order chi connectivity index (χ0) is 19.9. The van der Waals surface area contributed by atoms with Crippen molar-refractivity contribution in [1.82, 2.24) is 4.90 Å². The largest absolute Gasteiger partial charge is 0.586 e. The van der Waals surface area contributed by atoms with Crippen LogP contribution in [-0.2, 0) is 9.59 Å². The van der Waals surface area contributed by atoms with Crippen LogP contribution in [0.4, 0.5) is 14.5 Å². The first-order valence-corrected chi connectivity index (χ1v) is 8.58. The standard InChI is InChI=1S/C20H16F2N2O4/c1-12(25)24-9-8-13-4-2-3-5-15(13)16(24)11-19(26)23-14-6-7-17-18(10-14)28-20(21,22)27-17/h2-10,16H,11H2,1H3,(H,23,26)/t16-/m0/s1. The Balaban J connectivity index is 1.52. The van der Waals surface area contributed by atoms with E-state index in [4.69, 9.17) is 0 Å². The number of amides is 2. The summed E-state index contributed by atoms with van der Waals surface area (Å²) in [6.07, 6.45) is -0.231. The Labute approximate surface area is 159 Å². The fraction of sp³-hybridized carbons (Fsp3) is 0.200. The molecule has 2 aliphatic heterocycles. The summed E-state index contributed by atoms with van der Waals surface area (Å²) >= 11 is 0. The first-order chi connectivity index (χ1) is 13.3. The number of ether oxygens (including phenoxy) is 2. The molecule has 0 radical (unpaired) electrons. The lowest BCUT2D eigenvalue weighted by Crippen LogP contribution is -2.33. The van der Waals surface area contributed by atoms with Crippen LogP contribution < -0.4 is 14.8 Å². The number of carbonyl (C=O) groups excluding carboxylic acids is 2. The van der Waals surface area contributed by atoms with E-state index >= 15 is 0 Å². The Morgan fingerprint density at radius 1 is 1.14 bits per heavy atom. The molecule has 0 saturated carbocycles. The van der Waals surface area contributed by atoms with E-state index in [1.54, 1.807) is 6.20 Å². The lowest BCUT2D eigenvalue weighted by atomic mass is 9.93. The van der Waals surface area contributed by atoms with E-state index in [9.17, 15) is 18.4 Å². The number of nitrogens with one attached hydrogen (secondary N) is 1. The zero-order valence-electron chi connectivity index (χ0n) is 14.8. The Morgan fingerprint density at radius 2 is 1.89 bits per heavy atom. The van der Waals surface area contributed by atoms with Gasteiger partial charge in [-0.25, -0.2) is 0 Å². The lowest BCUT2D eigenvalue weighted by molar-refractivity contribution is -0.286. The molecule has 6 nitrogen and oxygen atoms in total. The number of carbonyl (C=O) groups is 2. The molecular formula is C20H16F2N2O4. The van der Waals surface area contributed by atoms with Gasteiger partial charge in [0.05, 0.1) is 12.5 Å². The Hall–Kier alpha value is -3.42. The predicted molar refractivity (Wildman–Crippen MR) is 96.6 cm³/mol. The van der Waals surface area contributed by atoms with Gasteiger partial charge in [0, 0.05) is 24.9 Å². The minimum atomic E-state index is -3.72. The van der Waals surface area contributed by atoms with Gasteiger partial charge >= 0.3 is 6.29 Å². The molecule has 0 spiro atoms. The normalized spacial score (nSPS) is 18.5. The first kappa shape index (κ1) is 18.0. The van der Waals surface area contributed by atoms with Crippen LogP contribution >= 0.6 is 0 Å². The first-order valence-electron chi connectivity index (χ1n) is 8.58. The maximum Gasteiger partial charge on any atom is 0.586 e. The maximum atomic E-state index is 13.1. The number of hydrogen-bond acceptors (Lipinski definition) is 4. The molecule has 1 atom stereocenters. The average molecular weight is 386 g/mol. The van der Waals surface area contributed by atoms with Crippen molar-refractivity contribution >= 4 is 23.6 Å². The van der Waals surface area contributed by atoms with E-state index < -0.39 is 12.3 Å². The van der Waals surface area contributed by atoms with Crippen molar-refractivity contribution in [2.24, 2.45) is 0 Å².